The molecule has 150 valence electrons. The molecule has 29 heavy (non-hydrogen) atoms. The summed E-state index contributed by atoms with van der Waals surface area (Å²) >= 11 is 0. The lowest BCUT2D eigenvalue weighted by Crippen LogP contribution is -2.19. The highest BCUT2D eigenvalue weighted by Gasteiger charge is 2.31. The molecule has 0 radical (unpaired) electrons. The molecule has 0 amide bonds. The van der Waals surface area contributed by atoms with Gasteiger partial charge in [-0.2, -0.15) is 5.10 Å². The van der Waals surface area contributed by atoms with Crippen LogP contribution in [0.25, 0.3) is 22.4 Å². The monoisotopic (exact) mass is 392 g/mol. The smallest absolute Gasteiger partial charge is 0.216 e. The summed E-state index contributed by atoms with van der Waals surface area (Å²) in [5.74, 6) is 0.623. The average molecular weight is 392 g/mol. The lowest BCUT2D eigenvalue weighted by atomic mass is 9.93. The zero-order valence-corrected chi connectivity index (χ0v) is 16.8. The van der Waals surface area contributed by atoms with Crippen LogP contribution in [0.2, 0.25) is 0 Å². The molecule has 2 aliphatic rings. The van der Waals surface area contributed by atoms with E-state index in [-0.39, 0.29) is 6.04 Å². The second-order valence-electron chi connectivity index (χ2n) is 7.67. The van der Waals surface area contributed by atoms with Gasteiger partial charge >= 0.3 is 0 Å². The number of fused-ring (bicyclic) bond motifs is 3. The maximum absolute atomic E-state index is 10.7. The van der Waals surface area contributed by atoms with E-state index in [1.807, 2.05) is 24.7 Å². The van der Waals surface area contributed by atoms with E-state index in [0.717, 1.165) is 57.8 Å². The molecule has 2 aromatic heterocycles. The van der Waals surface area contributed by atoms with E-state index in [0.29, 0.717) is 12.5 Å². The van der Waals surface area contributed by atoms with E-state index in [2.05, 4.69) is 33.6 Å². The summed E-state index contributed by atoms with van der Waals surface area (Å²) in [7, 11) is 1.63. The van der Waals surface area contributed by atoms with Crippen LogP contribution in [0.1, 0.15) is 35.4 Å². The fourth-order valence-corrected chi connectivity index (χ4v) is 4.47. The minimum atomic E-state index is -0.794. The van der Waals surface area contributed by atoms with Crippen molar-refractivity contribution in [3.05, 3.63) is 47.3 Å². The van der Waals surface area contributed by atoms with E-state index in [1.165, 1.54) is 0 Å². The first-order valence-corrected chi connectivity index (χ1v) is 9.83. The van der Waals surface area contributed by atoms with Crippen LogP contribution < -0.4 is 10.1 Å². The number of anilines is 1. The highest BCUT2D eigenvalue weighted by molar-refractivity contribution is 5.86. The zero-order valence-electron chi connectivity index (χ0n) is 16.8. The summed E-state index contributed by atoms with van der Waals surface area (Å²) in [5.41, 5.74) is 7.92. The van der Waals surface area contributed by atoms with Crippen molar-refractivity contribution in [2.75, 3.05) is 25.6 Å². The zero-order chi connectivity index (χ0) is 20.1. The van der Waals surface area contributed by atoms with E-state index in [1.54, 1.807) is 13.3 Å². The highest BCUT2D eigenvalue weighted by atomic mass is 16.5. The normalized spacial score (nSPS) is 20.1. The van der Waals surface area contributed by atoms with Gasteiger partial charge in [0.05, 0.1) is 31.6 Å². The maximum atomic E-state index is 10.7. The highest BCUT2D eigenvalue weighted by Crippen LogP contribution is 2.44. The van der Waals surface area contributed by atoms with Gasteiger partial charge in [0.2, 0.25) is 5.88 Å². The number of rotatable bonds is 3. The summed E-state index contributed by atoms with van der Waals surface area (Å²) in [4.78, 5) is 4.36. The summed E-state index contributed by atoms with van der Waals surface area (Å²) in [6.07, 6.45) is 3.72. The predicted molar refractivity (Wildman–Crippen MR) is 110 cm³/mol. The number of pyridine rings is 1. The van der Waals surface area contributed by atoms with Gasteiger partial charge in [0.1, 0.15) is 0 Å². The largest absolute Gasteiger partial charge is 0.481 e. The molecule has 3 aromatic rings. The van der Waals surface area contributed by atoms with E-state index in [9.17, 15) is 5.11 Å². The molecule has 0 saturated carbocycles. The lowest BCUT2D eigenvalue weighted by Gasteiger charge is -2.26. The second-order valence-corrected chi connectivity index (χ2v) is 7.67. The van der Waals surface area contributed by atoms with Crippen LogP contribution in [0.5, 0.6) is 5.88 Å². The van der Waals surface area contributed by atoms with Gasteiger partial charge in [-0.15, -0.1) is 0 Å². The molecule has 2 atom stereocenters. The Morgan fingerprint density at radius 3 is 2.90 bits per heavy atom. The first kappa shape index (κ1) is 18.1. The van der Waals surface area contributed by atoms with Crippen molar-refractivity contribution in [3.63, 3.8) is 0 Å². The Morgan fingerprint density at radius 1 is 1.28 bits per heavy atom. The molecule has 0 aliphatic carbocycles. The number of methoxy groups -OCH3 is 1. The van der Waals surface area contributed by atoms with E-state index in [4.69, 9.17) is 9.47 Å². The van der Waals surface area contributed by atoms with Gasteiger partial charge in [0.25, 0.3) is 0 Å². The van der Waals surface area contributed by atoms with Crippen molar-refractivity contribution in [1.82, 2.24) is 14.8 Å². The first-order valence-electron chi connectivity index (χ1n) is 9.83. The molecule has 5 rings (SSSR count). The fraction of sp³-hybridized carbons (Fsp3) is 0.364. The van der Waals surface area contributed by atoms with E-state index < -0.39 is 6.23 Å². The topological polar surface area (TPSA) is 81.4 Å². The van der Waals surface area contributed by atoms with Crippen molar-refractivity contribution in [2.45, 2.75) is 32.5 Å². The third-order valence-electron chi connectivity index (χ3n) is 5.88. The number of aromatic nitrogens is 3. The van der Waals surface area contributed by atoms with Gasteiger partial charge in [0, 0.05) is 35.2 Å². The lowest BCUT2D eigenvalue weighted by molar-refractivity contribution is 0.184. The molecule has 1 aromatic carbocycles. The average Bonchev–Trinajstić information content (AvgIpc) is 3.38. The molecule has 0 bridgehead atoms. The number of aliphatic hydroxyl groups excluding tert-OH is 1. The Balaban J connectivity index is 1.64. The van der Waals surface area contributed by atoms with Crippen molar-refractivity contribution >= 4 is 5.69 Å². The number of nitrogens with one attached hydrogen (secondary N) is 1. The Hall–Kier alpha value is -2.90. The van der Waals surface area contributed by atoms with Gasteiger partial charge in [0.15, 0.2) is 6.23 Å². The molecule has 2 aliphatic heterocycles. The molecular weight excluding hydrogens is 368 g/mol. The van der Waals surface area contributed by atoms with Gasteiger partial charge in [-0.05, 0) is 43.0 Å². The minimum absolute atomic E-state index is 0.200. The third-order valence-corrected chi connectivity index (χ3v) is 5.88. The summed E-state index contributed by atoms with van der Waals surface area (Å²) < 4.78 is 13.0. The molecule has 1 saturated heterocycles. The van der Waals surface area contributed by atoms with Crippen LogP contribution in [-0.4, -0.2) is 40.2 Å². The number of nitrogens with zero attached hydrogens (tertiary/aromatic N) is 3. The van der Waals surface area contributed by atoms with Crippen LogP contribution in [-0.2, 0) is 4.74 Å². The number of aryl methyl sites for hydroxylation is 1. The quantitative estimate of drug-likeness (QED) is 0.709. The number of ether oxygens (including phenoxy) is 2. The SMILES string of the molecule is COc1ncc(C)c(-c2ccc3c(c2)NC(O)c2cnn([C@H]4CCOC4)c2-3)c1C. The van der Waals surface area contributed by atoms with Crippen LogP contribution in [0, 0.1) is 13.8 Å². The number of aliphatic hydroxyl groups is 1. The molecule has 4 heterocycles. The van der Waals surface area contributed by atoms with Gasteiger partial charge < -0.3 is 19.9 Å². The second kappa shape index (κ2) is 6.86. The molecule has 1 fully saturated rings. The summed E-state index contributed by atoms with van der Waals surface area (Å²) in [5, 5.41) is 18.5. The van der Waals surface area contributed by atoms with Crippen molar-refractivity contribution in [1.29, 1.82) is 0 Å². The fourth-order valence-electron chi connectivity index (χ4n) is 4.47. The Bertz CT molecular complexity index is 1090. The van der Waals surface area contributed by atoms with Crippen LogP contribution in [0.15, 0.2) is 30.6 Å². The minimum Gasteiger partial charge on any atom is -0.481 e. The summed E-state index contributed by atoms with van der Waals surface area (Å²) in [6.45, 7) is 5.46. The predicted octanol–water partition coefficient (Wildman–Crippen LogP) is 3.62. The number of hydrogen-bond acceptors (Lipinski definition) is 6. The van der Waals surface area contributed by atoms with Crippen LogP contribution in [0.4, 0.5) is 5.69 Å². The standard InChI is InChI=1S/C22H24N4O3/c1-12-9-23-22(28-3)13(2)19(12)14-4-5-16-18(8-14)25-21(27)17-10-24-26(20(16)17)15-6-7-29-11-15/h4-5,8-10,15,21,25,27H,6-7,11H2,1-3H3/t15-,21?/m0/s1. The number of benzene rings is 1. The van der Waals surface area contributed by atoms with Gasteiger partial charge in [-0.25, -0.2) is 4.98 Å². The van der Waals surface area contributed by atoms with Crippen molar-refractivity contribution in [2.24, 2.45) is 0 Å². The Labute approximate surface area is 169 Å². The number of hydrogen-bond donors (Lipinski definition) is 2. The van der Waals surface area contributed by atoms with Crippen LogP contribution in [0.3, 0.4) is 0 Å². The molecule has 2 N–H and O–H groups in total. The molecule has 7 nitrogen and oxygen atoms in total. The Morgan fingerprint density at radius 2 is 2.14 bits per heavy atom. The van der Waals surface area contributed by atoms with Gasteiger partial charge in [-0.3, -0.25) is 4.68 Å². The molecular formula is C22H24N4O3. The molecule has 7 heteroatoms. The molecule has 0 spiro atoms. The maximum Gasteiger partial charge on any atom is 0.216 e. The Kier molecular flexibility index (Phi) is 4.29. The van der Waals surface area contributed by atoms with Crippen LogP contribution >= 0.6 is 0 Å². The third kappa shape index (κ3) is 2.81. The summed E-state index contributed by atoms with van der Waals surface area (Å²) in [6, 6.07) is 6.49. The van der Waals surface area contributed by atoms with Crippen molar-refractivity contribution in [3.8, 4) is 28.3 Å². The van der Waals surface area contributed by atoms with Gasteiger partial charge in [-0.1, -0.05) is 12.1 Å². The van der Waals surface area contributed by atoms with E-state index >= 15 is 0 Å². The van der Waals surface area contributed by atoms with Crippen molar-refractivity contribution < 1.29 is 14.6 Å². The molecule has 1 unspecified atom stereocenters. The first-order chi connectivity index (χ1) is 14.1.